The van der Waals surface area contributed by atoms with E-state index < -0.39 is 0 Å². The summed E-state index contributed by atoms with van der Waals surface area (Å²) in [5.41, 5.74) is 0. The topological polar surface area (TPSA) is 27.0 Å². The molecule has 13 heavy (non-hydrogen) atoms. The average molecular weight is 259 g/mol. The van der Waals surface area contributed by atoms with Crippen molar-refractivity contribution in [3.63, 3.8) is 0 Å². The SMILES string of the molecule is CN(C)CC(C#N)c1ccc(Br)s1. The zero-order valence-electron chi connectivity index (χ0n) is 7.62. The van der Waals surface area contributed by atoms with E-state index in [0.717, 1.165) is 15.2 Å². The van der Waals surface area contributed by atoms with Crippen LogP contribution in [0.2, 0.25) is 0 Å². The second-order valence-corrected chi connectivity index (χ2v) is 5.58. The molecule has 0 aliphatic heterocycles. The molecule has 0 amide bonds. The highest BCUT2D eigenvalue weighted by Crippen LogP contribution is 2.28. The first-order valence-corrected chi connectivity index (χ1v) is 5.54. The van der Waals surface area contributed by atoms with E-state index in [1.165, 1.54) is 0 Å². The van der Waals surface area contributed by atoms with Gasteiger partial charge in [-0.1, -0.05) is 0 Å². The van der Waals surface area contributed by atoms with E-state index in [2.05, 4.69) is 22.0 Å². The van der Waals surface area contributed by atoms with Crippen molar-refractivity contribution in [1.29, 1.82) is 5.26 Å². The average Bonchev–Trinajstić information content (AvgIpc) is 2.47. The molecule has 4 heteroatoms. The second kappa shape index (κ2) is 4.75. The minimum absolute atomic E-state index is 0.00806. The van der Waals surface area contributed by atoms with Gasteiger partial charge in [0, 0.05) is 11.4 Å². The maximum absolute atomic E-state index is 8.95. The Labute approximate surface area is 90.9 Å². The van der Waals surface area contributed by atoms with Crippen LogP contribution in [0, 0.1) is 11.3 Å². The summed E-state index contributed by atoms with van der Waals surface area (Å²) in [4.78, 5) is 3.16. The van der Waals surface area contributed by atoms with Gasteiger partial charge in [-0.15, -0.1) is 11.3 Å². The van der Waals surface area contributed by atoms with Crippen molar-refractivity contribution in [3.8, 4) is 6.07 Å². The fourth-order valence-corrected chi connectivity index (χ4v) is 2.53. The molecule has 0 N–H and O–H groups in total. The number of hydrogen-bond donors (Lipinski definition) is 0. The molecule has 0 bridgehead atoms. The van der Waals surface area contributed by atoms with Crippen LogP contribution in [-0.2, 0) is 0 Å². The lowest BCUT2D eigenvalue weighted by atomic mass is 10.1. The molecule has 0 radical (unpaired) electrons. The molecule has 0 aromatic carbocycles. The van der Waals surface area contributed by atoms with Gasteiger partial charge in [0.15, 0.2) is 0 Å². The summed E-state index contributed by atoms with van der Waals surface area (Å²) < 4.78 is 1.08. The monoisotopic (exact) mass is 258 g/mol. The van der Waals surface area contributed by atoms with E-state index in [4.69, 9.17) is 5.26 Å². The minimum atomic E-state index is -0.00806. The van der Waals surface area contributed by atoms with Crippen molar-refractivity contribution in [3.05, 3.63) is 20.8 Å². The molecule has 2 nitrogen and oxygen atoms in total. The Kier molecular flexibility index (Phi) is 3.91. The Bertz CT molecular complexity index is 314. The number of rotatable bonds is 3. The highest BCUT2D eigenvalue weighted by Gasteiger charge is 2.13. The van der Waals surface area contributed by atoms with Gasteiger partial charge in [-0.05, 0) is 42.2 Å². The number of nitriles is 1. The largest absolute Gasteiger partial charge is 0.308 e. The first kappa shape index (κ1) is 10.7. The van der Waals surface area contributed by atoms with Crippen molar-refractivity contribution >= 4 is 27.3 Å². The summed E-state index contributed by atoms with van der Waals surface area (Å²) in [7, 11) is 3.96. The molecule has 0 spiro atoms. The summed E-state index contributed by atoms with van der Waals surface area (Å²) in [5.74, 6) is -0.00806. The van der Waals surface area contributed by atoms with Gasteiger partial charge < -0.3 is 4.90 Å². The van der Waals surface area contributed by atoms with Crippen molar-refractivity contribution in [1.82, 2.24) is 4.90 Å². The van der Waals surface area contributed by atoms with Crippen molar-refractivity contribution < 1.29 is 0 Å². The van der Waals surface area contributed by atoms with Gasteiger partial charge in [-0.25, -0.2) is 0 Å². The molecule has 0 aliphatic carbocycles. The predicted molar refractivity (Wildman–Crippen MR) is 58.9 cm³/mol. The van der Waals surface area contributed by atoms with Gasteiger partial charge in [-0.3, -0.25) is 0 Å². The zero-order valence-corrected chi connectivity index (χ0v) is 10.0. The van der Waals surface area contributed by atoms with Gasteiger partial charge in [0.05, 0.1) is 15.8 Å². The Morgan fingerprint density at radius 1 is 1.62 bits per heavy atom. The van der Waals surface area contributed by atoms with Crippen LogP contribution in [0.15, 0.2) is 15.9 Å². The third kappa shape index (κ3) is 3.11. The zero-order chi connectivity index (χ0) is 9.84. The standard InChI is InChI=1S/C9H11BrN2S/c1-12(2)6-7(5-11)8-3-4-9(10)13-8/h3-4,7H,6H2,1-2H3. The van der Waals surface area contributed by atoms with Crippen LogP contribution in [0.25, 0.3) is 0 Å². The van der Waals surface area contributed by atoms with E-state index in [9.17, 15) is 0 Å². The molecule has 0 saturated carbocycles. The van der Waals surface area contributed by atoms with Crippen LogP contribution in [0.4, 0.5) is 0 Å². The van der Waals surface area contributed by atoms with Crippen molar-refractivity contribution in [2.75, 3.05) is 20.6 Å². The molecule has 1 aromatic heterocycles. The van der Waals surface area contributed by atoms with Crippen LogP contribution >= 0.6 is 27.3 Å². The molecule has 1 aromatic rings. The van der Waals surface area contributed by atoms with Gasteiger partial charge >= 0.3 is 0 Å². The third-order valence-electron chi connectivity index (χ3n) is 1.64. The highest BCUT2D eigenvalue weighted by atomic mass is 79.9. The Morgan fingerprint density at radius 3 is 2.69 bits per heavy atom. The summed E-state index contributed by atoms with van der Waals surface area (Å²) >= 11 is 5.02. The lowest BCUT2D eigenvalue weighted by Gasteiger charge is -2.12. The molecule has 1 atom stereocenters. The van der Waals surface area contributed by atoms with Crippen molar-refractivity contribution in [2.24, 2.45) is 0 Å². The summed E-state index contributed by atoms with van der Waals surface area (Å²) in [6.07, 6.45) is 0. The normalized spacial score (nSPS) is 12.8. The van der Waals surface area contributed by atoms with E-state index in [1.54, 1.807) is 11.3 Å². The molecular weight excluding hydrogens is 248 g/mol. The van der Waals surface area contributed by atoms with Gasteiger partial charge in [0.25, 0.3) is 0 Å². The van der Waals surface area contributed by atoms with Crippen LogP contribution in [0.3, 0.4) is 0 Å². The quantitative estimate of drug-likeness (QED) is 0.834. The van der Waals surface area contributed by atoms with Crippen molar-refractivity contribution in [2.45, 2.75) is 5.92 Å². The van der Waals surface area contributed by atoms with Crippen LogP contribution < -0.4 is 0 Å². The van der Waals surface area contributed by atoms with Crippen LogP contribution in [0.5, 0.6) is 0 Å². The van der Waals surface area contributed by atoms with Crippen LogP contribution in [-0.4, -0.2) is 25.5 Å². The number of nitrogens with zero attached hydrogens (tertiary/aromatic N) is 2. The summed E-state index contributed by atoms with van der Waals surface area (Å²) in [6, 6.07) is 6.30. The van der Waals surface area contributed by atoms with E-state index >= 15 is 0 Å². The van der Waals surface area contributed by atoms with E-state index in [-0.39, 0.29) is 5.92 Å². The minimum Gasteiger partial charge on any atom is -0.308 e. The van der Waals surface area contributed by atoms with E-state index in [1.807, 2.05) is 31.1 Å². The van der Waals surface area contributed by atoms with E-state index in [0.29, 0.717) is 0 Å². The molecule has 70 valence electrons. The van der Waals surface area contributed by atoms with Gasteiger partial charge in [0.2, 0.25) is 0 Å². The molecule has 0 aliphatic rings. The lowest BCUT2D eigenvalue weighted by Crippen LogP contribution is -2.18. The smallest absolute Gasteiger partial charge is 0.0932 e. The lowest BCUT2D eigenvalue weighted by molar-refractivity contribution is 0.400. The van der Waals surface area contributed by atoms with Gasteiger partial charge in [0.1, 0.15) is 0 Å². The molecule has 1 rings (SSSR count). The fourth-order valence-electron chi connectivity index (χ4n) is 1.08. The number of likely N-dealkylation sites (N-methyl/N-ethyl adjacent to an activating group) is 1. The maximum Gasteiger partial charge on any atom is 0.0932 e. The summed E-state index contributed by atoms with van der Waals surface area (Å²) in [5, 5.41) is 8.95. The summed E-state index contributed by atoms with van der Waals surface area (Å²) in [6.45, 7) is 0.781. The predicted octanol–water partition coefficient (Wildman–Crippen LogP) is 2.68. The number of thiophene rings is 1. The molecule has 1 heterocycles. The molecular formula is C9H11BrN2S. The molecule has 0 fully saturated rings. The van der Waals surface area contributed by atoms with Gasteiger partial charge in [-0.2, -0.15) is 5.26 Å². The first-order chi connectivity index (χ1) is 6.13. The highest BCUT2D eigenvalue weighted by molar-refractivity contribution is 9.11. The third-order valence-corrected chi connectivity index (χ3v) is 3.38. The Balaban J connectivity index is 2.74. The molecule has 1 unspecified atom stereocenters. The fraction of sp³-hybridized carbons (Fsp3) is 0.444. The van der Waals surface area contributed by atoms with Crippen LogP contribution in [0.1, 0.15) is 10.8 Å². The maximum atomic E-state index is 8.95. The molecule has 0 saturated heterocycles. The number of hydrogen-bond acceptors (Lipinski definition) is 3. The number of halogens is 1. The second-order valence-electron chi connectivity index (χ2n) is 3.09. The Morgan fingerprint density at radius 2 is 2.31 bits per heavy atom. The first-order valence-electron chi connectivity index (χ1n) is 3.93. The Hall–Kier alpha value is -0.370.